The zero-order valence-corrected chi connectivity index (χ0v) is 13.6. The lowest BCUT2D eigenvalue weighted by atomic mass is 9.77. The molecule has 0 bridgehead atoms. The van der Waals surface area contributed by atoms with E-state index in [1.165, 1.54) is 11.9 Å². The highest BCUT2D eigenvalue weighted by Gasteiger charge is 2.38. The standard InChI is InChI=1S/C15H19N3O4S/c1-17-8-13(21)18(15(17)22)7-12(20)16-14(9-5-10(19)6-9)11-3-2-4-23-11/h2-4,9-10,14,19H,5-8H2,1H3,(H,16,20)/t9?,10?,14-/m1/s1. The topological polar surface area (TPSA) is 90.0 Å². The van der Waals surface area contributed by atoms with Gasteiger partial charge in [0.15, 0.2) is 0 Å². The summed E-state index contributed by atoms with van der Waals surface area (Å²) >= 11 is 1.54. The fourth-order valence-corrected chi connectivity index (χ4v) is 3.85. The average Bonchev–Trinajstić information content (AvgIpc) is 3.07. The Labute approximate surface area is 137 Å². The van der Waals surface area contributed by atoms with Gasteiger partial charge in [0.1, 0.15) is 13.1 Å². The van der Waals surface area contributed by atoms with E-state index in [1.807, 2.05) is 17.5 Å². The molecule has 2 heterocycles. The molecule has 2 fully saturated rings. The van der Waals surface area contributed by atoms with Crippen molar-refractivity contribution in [2.24, 2.45) is 5.92 Å². The van der Waals surface area contributed by atoms with Crippen molar-refractivity contribution in [3.63, 3.8) is 0 Å². The minimum absolute atomic E-state index is 0.00921. The zero-order chi connectivity index (χ0) is 16.6. The summed E-state index contributed by atoms with van der Waals surface area (Å²) in [7, 11) is 1.53. The molecule has 0 unspecified atom stereocenters. The summed E-state index contributed by atoms with van der Waals surface area (Å²) in [5.41, 5.74) is 0. The minimum atomic E-state index is -0.447. The average molecular weight is 337 g/mol. The van der Waals surface area contributed by atoms with Crippen molar-refractivity contribution >= 4 is 29.2 Å². The zero-order valence-electron chi connectivity index (χ0n) is 12.8. The maximum absolute atomic E-state index is 12.3. The number of thiophene rings is 1. The Morgan fingerprint density at radius 2 is 2.22 bits per heavy atom. The molecule has 2 aliphatic rings. The molecule has 0 aromatic carbocycles. The predicted octanol–water partition coefficient (Wildman–Crippen LogP) is 0.570. The molecule has 0 radical (unpaired) electrons. The van der Waals surface area contributed by atoms with Crippen LogP contribution in [0.15, 0.2) is 17.5 Å². The van der Waals surface area contributed by atoms with E-state index in [4.69, 9.17) is 0 Å². The van der Waals surface area contributed by atoms with Crippen molar-refractivity contribution in [3.05, 3.63) is 22.4 Å². The fraction of sp³-hybridized carbons (Fsp3) is 0.533. The third-order valence-electron chi connectivity index (χ3n) is 4.32. The molecule has 1 atom stereocenters. The maximum Gasteiger partial charge on any atom is 0.327 e. The summed E-state index contributed by atoms with van der Waals surface area (Å²) in [4.78, 5) is 39.1. The Bertz CT molecular complexity index is 612. The third kappa shape index (κ3) is 3.23. The molecule has 0 spiro atoms. The smallest absolute Gasteiger partial charge is 0.327 e. The van der Waals surface area contributed by atoms with Crippen LogP contribution in [0, 0.1) is 5.92 Å². The number of hydrogen-bond donors (Lipinski definition) is 2. The van der Waals surface area contributed by atoms with E-state index < -0.39 is 6.03 Å². The van der Waals surface area contributed by atoms with Crippen molar-refractivity contribution in [1.82, 2.24) is 15.1 Å². The lowest BCUT2D eigenvalue weighted by Gasteiger charge is -2.37. The molecule has 2 N–H and O–H groups in total. The van der Waals surface area contributed by atoms with Gasteiger partial charge in [-0.05, 0) is 30.2 Å². The van der Waals surface area contributed by atoms with Crippen LogP contribution in [-0.4, -0.2) is 59.0 Å². The van der Waals surface area contributed by atoms with E-state index in [-0.39, 0.29) is 43.0 Å². The number of hydrogen-bond acceptors (Lipinski definition) is 5. The highest BCUT2D eigenvalue weighted by molar-refractivity contribution is 7.10. The van der Waals surface area contributed by atoms with Crippen LogP contribution in [0.2, 0.25) is 0 Å². The van der Waals surface area contributed by atoms with E-state index in [9.17, 15) is 19.5 Å². The van der Waals surface area contributed by atoms with Crippen LogP contribution in [0.1, 0.15) is 23.8 Å². The lowest BCUT2D eigenvalue weighted by molar-refractivity contribution is -0.131. The van der Waals surface area contributed by atoms with E-state index in [0.29, 0.717) is 12.8 Å². The van der Waals surface area contributed by atoms with Gasteiger partial charge in [0.2, 0.25) is 5.91 Å². The number of nitrogens with one attached hydrogen (secondary N) is 1. The molecule has 1 aliphatic heterocycles. The normalized spacial score (nSPS) is 25.5. The summed E-state index contributed by atoms with van der Waals surface area (Å²) in [5, 5.41) is 14.4. The van der Waals surface area contributed by atoms with Gasteiger partial charge in [-0.25, -0.2) is 4.79 Å². The molecule has 1 aromatic rings. The number of likely N-dealkylation sites (N-methyl/N-ethyl adjacent to an activating group) is 1. The number of aliphatic hydroxyl groups excluding tert-OH is 1. The maximum atomic E-state index is 12.3. The molecule has 1 saturated carbocycles. The van der Waals surface area contributed by atoms with Crippen LogP contribution >= 0.6 is 11.3 Å². The largest absolute Gasteiger partial charge is 0.393 e. The predicted molar refractivity (Wildman–Crippen MR) is 83.7 cm³/mol. The molecular weight excluding hydrogens is 318 g/mol. The van der Waals surface area contributed by atoms with Gasteiger partial charge in [-0.1, -0.05) is 6.07 Å². The number of carbonyl (C=O) groups is 3. The second kappa shape index (κ2) is 6.29. The van der Waals surface area contributed by atoms with Crippen LogP contribution in [0.4, 0.5) is 4.79 Å². The fourth-order valence-electron chi connectivity index (χ4n) is 2.98. The van der Waals surface area contributed by atoms with Crippen LogP contribution < -0.4 is 5.32 Å². The highest BCUT2D eigenvalue weighted by atomic mass is 32.1. The van der Waals surface area contributed by atoms with Crippen molar-refractivity contribution in [3.8, 4) is 0 Å². The summed E-state index contributed by atoms with van der Waals surface area (Å²) in [6, 6.07) is 3.23. The molecule has 3 rings (SSSR count). The van der Waals surface area contributed by atoms with E-state index in [0.717, 1.165) is 9.78 Å². The first-order chi connectivity index (χ1) is 11.0. The number of carbonyl (C=O) groups excluding carboxylic acids is 3. The summed E-state index contributed by atoms with van der Waals surface area (Å²) in [5.74, 6) is -0.540. The summed E-state index contributed by atoms with van der Waals surface area (Å²) in [6.45, 7) is -0.256. The monoisotopic (exact) mass is 337 g/mol. The van der Waals surface area contributed by atoms with Gasteiger partial charge in [0, 0.05) is 11.9 Å². The second-order valence-electron chi connectivity index (χ2n) is 6.06. The molecule has 23 heavy (non-hydrogen) atoms. The molecule has 8 heteroatoms. The van der Waals surface area contributed by atoms with Crippen molar-refractivity contribution in [2.45, 2.75) is 25.0 Å². The number of nitrogens with zero attached hydrogens (tertiary/aromatic N) is 2. The summed E-state index contributed by atoms with van der Waals surface area (Å²) in [6.07, 6.45) is 0.982. The highest BCUT2D eigenvalue weighted by Crippen LogP contribution is 2.39. The minimum Gasteiger partial charge on any atom is -0.393 e. The molecule has 1 aromatic heterocycles. The van der Waals surface area contributed by atoms with Crippen LogP contribution in [0.5, 0.6) is 0 Å². The third-order valence-corrected chi connectivity index (χ3v) is 5.28. The van der Waals surface area contributed by atoms with Gasteiger partial charge < -0.3 is 15.3 Å². The Kier molecular flexibility index (Phi) is 4.36. The number of amides is 4. The quantitative estimate of drug-likeness (QED) is 0.769. The van der Waals surface area contributed by atoms with Gasteiger partial charge in [0.05, 0.1) is 12.1 Å². The Morgan fingerprint density at radius 3 is 2.74 bits per heavy atom. The molecular formula is C15H19N3O4S. The van der Waals surface area contributed by atoms with Crippen LogP contribution in [-0.2, 0) is 9.59 Å². The van der Waals surface area contributed by atoms with Gasteiger partial charge in [-0.2, -0.15) is 0 Å². The Morgan fingerprint density at radius 1 is 1.48 bits per heavy atom. The Hall–Kier alpha value is -1.93. The number of aliphatic hydroxyl groups is 1. The number of rotatable bonds is 5. The van der Waals surface area contributed by atoms with Crippen LogP contribution in [0.25, 0.3) is 0 Å². The van der Waals surface area contributed by atoms with E-state index in [2.05, 4.69) is 5.32 Å². The van der Waals surface area contributed by atoms with Gasteiger partial charge >= 0.3 is 6.03 Å². The number of imide groups is 1. The van der Waals surface area contributed by atoms with Crippen molar-refractivity contribution in [2.75, 3.05) is 20.1 Å². The first kappa shape index (κ1) is 15.9. The van der Waals surface area contributed by atoms with Gasteiger partial charge in [-0.3, -0.25) is 14.5 Å². The van der Waals surface area contributed by atoms with Gasteiger partial charge in [-0.15, -0.1) is 11.3 Å². The van der Waals surface area contributed by atoms with Crippen molar-refractivity contribution < 1.29 is 19.5 Å². The lowest BCUT2D eigenvalue weighted by Crippen LogP contribution is -2.46. The molecule has 7 nitrogen and oxygen atoms in total. The second-order valence-corrected chi connectivity index (χ2v) is 7.04. The molecule has 1 aliphatic carbocycles. The first-order valence-electron chi connectivity index (χ1n) is 7.52. The molecule has 1 saturated heterocycles. The first-order valence-corrected chi connectivity index (χ1v) is 8.40. The van der Waals surface area contributed by atoms with Gasteiger partial charge in [0.25, 0.3) is 5.91 Å². The molecule has 4 amide bonds. The number of urea groups is 1. The van der Waals surface area contributed by atoms with E-state index >= 15 is 0 Å². The Balaban J connectivity index is 1.65. The van der Waals surface area contributed by atoms with E-state index in [1.54, 1.807) is 11.3 Å². The van der Waals surface area contributed by atoms with Crippen molar-refractivity contribution in [1.29, 1.82) is 0 Å². The van der Waals surface area contributed by atoms with Crippen LogP contribution in [0.3, 0.4) is 0 Å². The molecule has 124 valence electrons. The summed E-state index contributed by atoms with van der Waals surface area (Å²) < 4.78 is 0. The SMILES string of the molecule is CN1CC(=O)N(CC(=O)N[C@@H](c2cccs2)C2CC(O)C2)C1=O.